The van der Waals surface area contributed by atoms with Crippen LogP contribution in [0.15, 0.2) is 42.5 Å². The molecular weight excluding hydrogens is 1090 g/mol. The van der Waals surface area contributed by atoms with Crippen LogP contribution in [0.2, 0.25) is 0 Å². The molecule has 0 radical (unpaired) electrons. The average Bonchev–Trinajstić information content (AvgIpc) is 4.28. The Morgan fingerprint density at radius 3 is 2.22 bits per heavy atom. The first-order valence-electron chi connectivity index (χ1n) is 28.1. The monoisotopic (exact) mass is 1180 g/mol. The number of epoxide rings is 1. The number of cyclic esters (lactones) is 1. The minimum Gasteiger partial charge on any atom is -0.480 e. The van der Waals surface area contributed by atoms with Crippen molar-refractivity contribution in [1.82, 2.24) is 15.1 Å². The Bertz CT molecular complexity index is 2440. The summed E-state index contributed by atoms with van der Waals surface area (Å²) in [6.45, 7) is 17.0. The summed E-state index contributed by atoms with van der Waals surface area (Å²) in [4.78, 5) is 103. The van der Waals surface area contributed by atoms with Gasteiger partial charge in [0.05, 0.1) is 43.3 Å². The van der Waals surface area contributed by atoms with Crippen LogP contribution >= 0.6 is 11.8 Å². The zero-order valence-electron chi connectivity index (χ0n) is 49.2. The zero-order chi connectivity index (χ0) is 60.7. The van der Waals surface area contributed by atoms with Crippen molar-refractivity contribution in [2.24, 2.45) is 17.8 Å². The molecule has 0 aromatic heterocycles. The summed E-state index contributed by atoms with van der Waals surface area (Å²) < 4.78 is 53.7. The number of likely N-dealkylation sites (N-methyl/N-ethyl adjacent to an activating group) is 1. The number of aliphatic hydroxyl groups excluding tert-OH is 1. The Labute approximate surface area is 484 Å². The van der Waals surface area contributed by atoms with Gasteiger partial charge in [-0.25, -0.2) is 4.79 Å². The predicted molar refractivity (Wildman–Crippen MR) is 294 cm³/mol. The van der Waals surface area contributed by atoms with E-state index in [4.69, 9.17) is 42.6 Å². The van der Waals surface area contributed by atoms with Crippen molar-refractivity contribution < 1.29 is 96.3 Å². The Balaban J connectivity index is 0.000000388. The molecule has 6 aliphatic rings. The average molecular weight is 1180 g/mol. The lowest BCUT2D eigenvalue weighted by atomic mass is 9.83. The van der Waals surface area contributed by atoms with E-state index in [1.54, 1.807) is 59.7 Å². The number of aliphatic carboxylic acids is 1. The smallest absolute Gasteiger partial charge is 0.327 e. The Morgan fingerprint density at radius 1 is 0.939 bits per heavy atom. The van der Waals surface area contributed by atoms with Crippen molar-refractivity contribution in [2.75, 3.05) is 21.2 Å². The Kier molecular flexibility index (Phi) is 22.9. The number of carbonyl (C=O) groups is 8. The van der Waals surface area contributed by atoms with Gasteiger partial charge in [-0.15, -0.1) is 11.8 Å². The summed E-state index contributed by atoms with van der Waals surface area (Å²) in [5.74, 6) is -4.91. The van der Waals surface area contributed by atoms with Crippen LogP contribution in [-0.4, -0.2) is 208 Å². The first kappa shape index (κ1) is 66.3. The van der Waals surface area contributed by atoms with Gasteiger partial charge < -0.3 is 77.9 Å². The molecule has 24 heteroatoms. The van der Waals surface area contributed by atoms with E-state index in [2.05, 4.69) is 5.32 Å². The van der Waals surface area contributed by atoms with Crippen LogP contribution in [0.3, 0.4) is 0 Å². The predicted octanol–water partition coefficient (Wildman–Crippen LogP) is 3.29. The fourth-order valence-corrected chi connectivity index (χ4v) is 13.3. The second-order valence-corrected chi connectivity index (χ2v) is 25.6. The maximum atomic E-state index is 13.4. The van der Waals surface area contributed by atoms with E-state index in [0.29, 0.717) is 12.7 Å². The Hall–Kier alpha value is -4.89. The summed E-state index contributed by atoms with van der Waals surface area (Å²) in [7, 11) is 4.82. The van der Waals surface area contributed by atoms with Gasteiger partial charge in [-0.1, -0.05) is 51.1 Å². The van der Waals surface area contributed by atoms with Gasteiger partial charge in [0.1, 0.15) is 66.0 Å². The molecule has 82 heavy (non-hydrogen) atoms. The van der Waals surface area contributed by atoms with E-state index in [0.717, 1.165) is 5.56 Å². The van der Waals surface area contributed by atoms with E-state index >= 15 is 0 Å². The fraction of sp³-hybridized carbons (Fsp3) is 0.724. The number of carboxylic acid groups (broad SMARTS) is 1. The maximum Gasteiger partial charge on any atom is 0.327 e. The quantitative estimate of drug-likeness (QED) is 0.0607. The lowest BCUT2D eigenvalue weighted by molar-refractivity contribution is -0.344. The molecule has 20 atom stereocenters. The standard InChI is InChI=1S/C42H67NO16.C16H18N2O4S/c1-21(2)16-32(47)57-40-25(6)53-34(20-42(40,8)50)58-37-24(5)54-41(36(49)35(37)43(9)10)59-38-27(14-15-44)17-22(3)28(46)12-13-29-30(56-29)18-23(4)52-33(48)19-31(39(38)51-11)55-26(7)45;1-16(2)12(15(21)22)18-13(20)11(14(18)23-16)17-10(19)8-9-6-4-3-5-7-9/h12-13,15,21-25,27,29-31,34-41,49-50H,14,16-20H2,1-11H3;3-7,11-12,14H,8H2,1-2H3,(H,17,19)(H,21,22). The van der Waals surface area contributed by atoms with E-state index in [9.17, 15) is 53.7 Å². The third-order valence-electron chi connectivity index (χ3n) is 15.6. The number of allylic oxidation sites excluding steroid dienone is 1. The number of benzene rings is 1. The number of aldehydes is 1. The number of thioether (sulfide) groups is 1. The third-order valence-corrected chi connectivity index (χ3v) is 17.2. The van der Waals surface area contributed by atoms with Gasteiger partial charge in [-0.05, 0) is 91.6 Å². The minimum atomic E-state index is -1.51. The van der Waals surface area contributed by atoms with Gasteiger partial charge in [0.2, 0.25) is 11.8 Å². The first-order chi connectivity index (χ1) is 38.5. The summed E-state index contributed by atoms with van der Waals surface area (Å²) in [6, 6.07) is 6.98. The topological polar surface area (TPSA) is 302 Å². The lowest BCUT2D eigenvalue weighted by Crippen LogP contribution is -2.70. The van der Waals surface area contributed by atoms with Crippen LogP contribution in [0, 0.1) is 17.8 Å². The van der Waals surface area contributed by atoms with E-state index in [1.807, 2.05) is 58.0 Å². The highest BCUT2D eigenvalue weighted by molar-refractivity contribution is 8.01. The molecule has 20 unspecified atom stereocenters. The van der Waals surface area contributed by atoms with Crippen molar-refractivity contribution in [3.05, 3.63) is 48.0 Å². The number of esters is 3. The molecule has 5 saturated heterocycles. The maximum absolute atomic E-state index is 13.4. The number of nitrogens with one attached hydrogen (secondary N) is 1. The second-order valence-electron chi connectivity index (χ2n) is 23.8. The number of β-lactam (4-membered cyclic amide) rings is 1. The van der Waals surface area contributed by atoms with Crippen LogP contribution in [0.1, 0.15) is 113 Å². The number of nitrogens with zero attached hydrogens (tertiary/aromatic N) is 2. The molecule has 1 aromatic rings. The first-order valence-corrected chi connectivity index (χ1v) is 29.0. The number of hydrogen-bond acceptors (Lipinski definition) is 21. The number of hydrogen-bond donors (Lipinski definition) is 4. The number of aliphatic hydroxyl groups is 2. The molecule has 0 aliphatic carbocycles. The summed E-state index contributed by atoms with van der Waals surface area (Å²) in [6.07, 6.45) is -7.79. The van der Waals surface area contributed by atoms with Crippen LogP contribution in [0.25, 0.3) is 0 Å². The molecule has 0 bridgehead atoms. The van der Waals surface area contributed by atoms with Crippen LogP contribution in [0.4, 0.5) is 0 Å². The zero-order valence-corrected chi connectivity index (χ0v) is 50.0. The van der Waals surface area contributed by atoms with Crippen molar-refractivity contribution in [1.29, 1.82) is 0 Å². The number of methoxy groups -OCH3 is 1. The highest BCUT2D eigenvalue weighted by atomic mass is 32.2. The highest BCUT2D eigenvalue weighted by Crippen LogP contribution is 2.51. The number of fused-ring (bicyclic) bond motifs is 2. The number of rotatable bonds is 16. The van der Waals surface area contributed by atoms with Gasteiger partial charge in [-0.3, -0.25) is 28.8 Å². The number of carbonyl (C=O) groups excluding carboxylic acids is 7. The van der Waals surface area contributed by atoms with Gasteiger partial charge in [0.25, 0.3) is 0 Å². The van der Waals surface area contributed by atoms with Gasteiger partial charge in [0.15, 0.2) is 24.5 Å². The second kappa shape index (κ2) is 28.3. The molecule has 0 saturated carbocycles. The molecule has 5 fully saturated rings. The molecule has 1 aromatic carbocycles. The molecule has 6 heterocycles. The van der Waals surface area contributed by atoms with E-state index in [1.165, 1.54) is 36.8 Å². The van der Waals surface area contributed by atoms with Gasteiger partial charge in [0, 0.05) is 50.4 Å². The number of amides is 2. The summed E-state index contributed by atoms with van der Waals surface area (Å²) in [5.41, 5.74) is -0.638. The number of ether oxygens (including phenoxy) is 9. The van der Waals surface area contributed by atoms with Crippen LogP contribution < -0.4 is 5.32 Å². The van der Waals surface area contributed by atoms with E-state index < -0.39 is 138 Å². The molecule has 6 aliphatic heterocycles. The minimum absolute atomic E-state index is 0.0551. The van der Waals surface area contributed by atoms with E-state index in [-0.39, 0.29) is 73.2 Å². The van der Waals surface area contributed by atoms with Gasteiger partial charge in [-0.2, -0.15) is 0 Å². The fourth-order valence-electron chi connectivity index (χ4n) is 11.7. The third kappa shape index (κ3) is 16.7. The molecule has 458 valence electrons. The molecular formula is C58H85N3O20S. The van der Waals surface area contributed by atoms with Crippen molar-refractivity contribution in [2.45, 2.75) is 228 Å². The van der Waals surface area contributed by atoms with Crippen molar-refractivity contribution >= 4 is 59.5 Å². The molecule has 0 spiro atoms. The summed E-state index contributed by atoms with van der Waals surface area (Å²) >= 11 is 1.42. The molecule has 23 nitrogen and oxygen atoms in total. The molecule has 7 rings (SSSR count). The molecule has 4 N–H and O–H groups in total. The van der Waals surface area contributed by atoms with Crippen molar-refractivity contribution in [3.63, 3.8) is 0 Å². The summed E-state index contributed by atoms with van der Waals surface area (Å²) in [5, 5.41) is 35.3. The highest BCUT2D eigenvalue weighted by Gasteiger charge is 2.64. The number of ketones is 1. The number of carboxylic acids is 1. The normalized spacial score (nSPS) is 37.5. The van der Waals surface area contributed by atoms with Crippen molar-refractivity contribution in [3.8, 4) is 0 Å². The SMILES string of the molecule is CC1(C)SC2C(NC(=O)Cc3ccccc3)C(=O)N2C1C(=O)O.COC1C(OC(C)=O)CC(=O)OC(C)CC2OC2C=CC(=O)C(C)CC(CC=O)C1OC1OC(C)C(OC2CC(C)(O)C(OC(=O)CC(C)C)C(C)O2)C(N(C)C)C1O. The lowest BCUT2D eigenvalue weighted by Gasteiger charge is -2.50. The largest absolute Gasteiger partial charge is 0.480 e. The van der Waals surface area contributed by atoms with Crippen LogP contribution in [0.5, 0.6) is 0 Å². The molecule has 2 amide bonds. The van der Waals surface area contributed by atoms with Crippen LogP contribution in [-0.2, 0) is 87.4 Å². The Morgan fingerprint density at radius 2 is 1.62 bits per heavy atom. The van der Waals surface area contributed by atoms with Gasteiger partial charge >= 0.3 is 23.9 Å².